The molecule has 4 rings (SSSR count). The Balaban J connectivity index is 0.00000118. The van der Waals surface area contributed by atoms with Crippen molar-refractivity contribution in [2.24, 2.45) is 0 Å². The Bertz CT molecular complexity index is 1010. The Hall–Kier alpha value is -3.26. The summed E-state index contributed by atoms with van der Waals surface area (Å²) < 4.78 is 16.3. The topological polar surface area (TPSA) is 113 Å². The minimum Gasteiger partial charge on any atom is -0.495 e. The lowest BCUT2D eigenvalue weighted by Gasteiger charge is -2.15. The van der Waals surface area contributed by atoms with Gasteiger partial charge in [0.05, 0.1) is 32.5 Å². The van der Waals surface area contributed by atoms with E-state index >= 15 is 0 Å². The number of nitrogens with zero attached hydrogens (tertiary/aromatic N) is 2. The zero-order valence-corrected chi connectivity index (χ0v) is 19.7. The molecule has 1 saturated carbocycles. The average molecular weight is 442 g/mol. The molecule has 1 aliphatic carbocycles. The van der Waals surface area contributed by atoms with Crippen LogP contribution in [0.5, 0.6) is 17.2 Å². The Labute approximate surface area is 190 Å². The lowest BCUT2D eigenvalue weighted by atomic mass is 10.2. The van der Waals surface area contributed by atoms with E-state index in [0.717, 1.165) is 53.4 Å². The van der Waals surface area contributed by atoms with Gasteiger partial charge in [0.2, 0.25) is 0 Å². The first kappa shape index (κ1) is 25.0. The van der Waals surface area contributed by atoms with E-state index in [1.54, 1.807) is 21.3 Å². The maximum atomic E-state index is 5.46. The lowest BCUT2D eigenvalue weighted by Crippen LogP contribution is -2.15. The van der Waals surface area contributed by atoms with Gasteiger partial charge in [0.15, 0.2) is 11.5 Å². The van der Waals surface area contributed by atoms with Gasteiger partial charge in [-0.25, -0.2) is 9.97 Å². The molecule has 1 fully saturated rings. The second-order valence-electron chi connectivity index (χ2n) is 6.98. The molecule has 8 nitrogen and oxygen atoms in total. The molecule has 1 aromatic heterocycles. The maximum Gasteiger partial charge on any atom is 0.162 e. The molecule has 0 atom stereocenters. The molecule has 0 radical (unpaired) electrons. The minimum atomic E-state index is 0. The first-order valence-electron chi connectivity index (χ1n) is 10.8. The molecule has 0 amide bonds. The van der Waals surface area contributed by atoms with Gasteiger partial charge >= 0.3 is 0 Å². The third kappa shape index (κ3) is 5.70. The SMILES string of the molecule is CC.COc1ccccc1NCCNc1nc(C2CC2)nc2cc(OC)c(OC)cc12.N. The summed E-state index contributed by atoms with van der Waals surface area (Å²) in [7, 11) is 4.94. The molecule has 174 valence electrons. The predicted octanol–water partition coefficient (Wildman–Crippen LogP) is 5.25. The Morgan fingerprint density at radius 1 is 0.844 bits per heavy atom. The van der Waals surface area contributed by atoms with Crippen LogP contribution in [0.4, 0.5) is 11.5 Å². The van der Waals surface area contributed by atoms with Gasteiger partial charge in [-0.05, 0) is 31.0 Å². The van der Waals surface area contributed by atoms with Crippen LogP contribution in [0, 0.1) is 0 Å². The van der Waals surface area contributed by atoms with Gasteiger partial charge in [0.1, 0.15) is 17.4 Å². The molecule has 0 bridgehead atoms. The number of rotatable bonds is 9. The Morgan fingerprint density at radius 2 is 1.47 bits per heavy atom. The van der Waals surface area contributed by atoms with Gasteiger partial charge in [0.25, 0.3) is 0 Å². The van der Waals surface area contributed by atoms with Crippen molar-refractivity contribution in [3.05, 3.63) is 42.2 Å². The molecule has 2 aromatic carbocycles. The summed E-state index contributed by atoms with van der Waals surface area (Å²) in [5.41, 5.74) is 1.83. The molecule has 1 aliphatic rings. The number of nitrogens with one attached hydrogen (secondary N) is 2. The molecule has 0 aliphatic heterocycles. The highest BCUT2D eigenvalue weighted by atomic mass is 16.5. The summed E-state index contributed by atoms with van der Waals surface area (Å²) >= 11 is 0. The zero-order chi connectivity index (χ0) is 22.2. The van der Waals surface area contributed by atoms with Gasteiger partial charge < -0.3 is 31.0 Å². The van der Waals surface area contributed by atoms with Crippen LogP contribution in [0.15, 0.2) is 36.4 Å². The number of anilines is 2. The van der Waals surface area contributed by atoms with Gasteiger partial charge in [-0.1, -0.05) is 26.0 Å². The van der Waals surface area contributed by atoms with Crippen molar-refractivity contribution in [1.29, 1.82) is 0 Å². The number of para-hydroxylation sites is 2. The molecule has 1 heterocycles. The molecule has 3 aromatic rings. The van der Waals surface area contributed by atoms with Crippen molar-refractivity contribution in [3.8, 4) is 17.2 Å². The van der Waals surface area contributed by atoms with Crippen molar-refractivity contribution in [3.63, 3.8) is 0 Å². The van der Waals surface area contributed by atoms with Crippen molar-refractivity contribution in [2.45, 2.75) is 32.6 Å². The second-order valence-corrected chi connectivity index (χ2v) is 6.98. The molecule has 0 spiro atoms. The summed E-state index contributed by atoms with van der Waals surface area (Å²) in [5.74, 6) is 4.33. The molecule has 0 saturated heterocycles. The normalized spacial score (nSPS) is 12.2. The fraction of sp³-hybridized carbons (Fsp3) is 0.417. The standard InChI is InChI=1S/C22H26N4O3.C2H6.H3N/c1-27-18-7-5-4-6-16(18)23-10-11-24-22-15-12-19(28-2)20(29-3)13-17(15)25-21(26-22)14-8-9-14;1-2;/h4-7,12-14,23H,8-11H2,1-3H3,(H,24,25,26);1-2H3;1H3. The Morgan fingerprint density at radius 3 is 2.12 bits per heavy atom. The van der Waals surface area contributed by atoms with Crippen LogP contribution in [0.2, 0.25) is 0 Å². The fourth-order valence-corrected chi connectivity index (χ4v) is 3.30. The number of hydrogen-bond acceptors (Lipinski definition) is 8. The average Bonchev–Trinajstić information content (AvgIpc) is 3.67. The van der Waals surface area contributed by atoms with Crippen LogP contribution >= 0.6 is 0 Å². The number of aromatic nitrogens is 2. The van der Waals surface area contributed by atoms with E-state index in [9.17, 15) is 0 Å². The van der Waals surface area contributed by atoms with Gasteiger partial charge in [-0.3, -0.25) is 0 Å². The van der Waals surface area contributed by atoms with E-state index in [1.807, 2.05) is 50.2 Å². The van der Waals surface area contributed by atoms with E-state index in [4.69, 9.17) is 24.2 Å². The third-order valence-corrected chi connectivity index (χ3v) is 5.00. The molecular weight excluding hydrogens is 406 g/mol. The molecule has 5 N–H and O–H groups in total. The number of hydrogen-bond donors (Lipinski definition) is 3. The smallest absolute Gasteiger partial charge is 0.162 e. The predicted molar refractivity (Wildman–Crippen MR) is 131 cm³/mol. The quantitative estimate of drug-likeness (QED) is 0.386. The molecule has 32 heavy (non-hydrogen) atoms. The van der Waals surface area contributed by atoms with Crippen LogP contribution in [0.1, 0.15) is 38.4 Å². The monoisotopic (exact) mass is 441 g/mol. The number of ether oxygens (including phenoxy) is 3. The molecule has 8 heteroatoms. The highest BCUT2D eigenvalue weighted by Gasteiger charge is 2.28. The van der Waals surface area contributed by atoms with E-state index in [-0.39, 0.29) is 6.15 Å². The fourth-order valence-electron chi connectivity index (χ4n) is 3.30. The Kier molecular flexibility index (Phi) is 9.34. The first-order valence-corrected chi connectivity index (χ1v) is 10.8. The van der Waals surface area contributed by atoms with Gasteiger partial charge in [-0.15, -0.1) is 0 Å². The van der Waals surface area contributed by atoms with Crippen molar-refractivity contribution < 1.29 is 14.2 Å². The van der Waals surface area contributed by atoms with Crippen molar-refractivity contribution >= 4 is 22.4 Å². The first-order chi connectivity index (χ1) is 15.2. The van der Waals surface area contributed by atoms with Crippen LogP contribution in [-0.4, -0.2) is 44.4 Å². The largest absolute Gasteiger partial charge is 0.495 e. The van der Waals surface area contributed by atoms with Gasteiger partial charge in [-0.2, -0.15) is 0 Å². The van der Waals surface area contributed by atoms with E-state index in [1.165, 1.54) is 0 Å². The summed E-state index contributed by atoms with van der Waals surface area (Å²) in [6, 6.07) is 11.7. The highest BCUT2D eigenvalue weighted by molar-refractivity contribution is 5.92. The summed E-state index contributed by atoms with van der Waals surface area (Å²) in [4.78, 5) is 9.56. The van der Waals surface area contributed by atoms with E-state index in [2.05, 4.69) is 10.6 Å². The summed E-state index contributed by atoms with van der Waals surface area (Å²) in [6.45, 7) is 5.42. The van der Waals surface area contributed by atoms with Crippen molar-refractivity contribution in [1.82, 2.24) is 16.1 Å². The number of benzene rings is 2. The molecule has 0 unspecified atom stereocenters. The number of fused-ring (bicyclic) bond motifs is 1. The molecular formula is C24H35N5O3. The van der Waals surface area contributed by atoms with Crippen LogP contribution in [-0.2, 0) is 0 Å². The maximum absolute atomic E-state index is 5.46. The lowest BCUT2D eigenvalue weighted by molar-refractivity contribution is 0.356. The third-order valence-electron chi connectivity index (χ3n) is 5.00. The summed E-state index contributed by atoms with van der Waals surface area (Å²) in [6.07, 6.45) is 2.29. The van der Waals surface area contributed by atoms with Crippen LogP contribution in [0.3, 0.4) is 0 Å². The van der Waals surface area contributed by atoms with Crippen LogP contribution < -0.4 is 31.0 Å². The van der Waals surface area contributed by atoms with E-state index in [0.29, 0.717) is 24.0 Å². The van der Waals surface area contributed by atoms with Crippen LogP contribution in [0.25, 0.3) is 10.9 Å². The number of methoxy groups -OCH3 is 3. The zero-order valence-electron chi connectivity index (χ0n) is 19.7. The summed E-state index contributed by atoms with van der Waals surface area (Å²) in [5, 5.41) is 7.77. The van der Waals surface area contributed by atoms with E-state index < -0.39 is 0 Å². The highest BCUT2D eigenvalue weighted by Crippen LogP contribution is 2.41. The van der Waals surface area contributed by atoms with Gasteiger partial charge in [0, 0.05) is 30.5 Å². The minimum absolute atomic E-state index is 0. The van der Waals surface area contributed by atoms with Crippen molar-refractivity contribution in [2.75, 3.05) is 45.1 Å². The second kappa shape index (κ2) is 12.0.